The van der Waals surface area contributed by atoms with Crippen molar-refractivity contribution in [1.29, 1.82) is 0 Å². The number of carbonyl (C=O) groups is 2. The molecule has 0 unspecified atom stereocenters. The summed E-state index contributed by atoms with van der Waals surface area (Å²) in [6, 6.07) is 5.55. The van der Waals surface area contributed by atoms with E-state index in [2.05, 4.69) is 31.3 Å². The lowest BCUT2D eigenvalue weighted by atomic mass is 9.96. The standard InChI is InChI=1S/C18H22BrN5O2/c1-12-9-13(2)24(22-12)11-17(25)23-7-5-14(6-8-23)18(26)21-16-4-3-15(19)10-20-16/h3-4,9-10,14H,5-8,11H2,1-2H3,(H,20,21,26). The molecule has 7 nitrogen and oxygen atoms in total. The van der Waals surface area contributed by atoms with Crippen molar-refractivity contribution in [2.75, 3.05) is 18.4 Å². The zero-order valence-electron chi connectivity index (χ0n) is 14.9. The molecule has 1 N–H and O–H groups in total. The lowest BCUT2D eigenvalue weighted by molar-refractivity contribution is -0.135. The second kappa shape index (κ2) is 7.99. The van der Waals surface area contributed by atoms with E-state index in [9.17, 15) is 9.59 Å². The molecule has 26 heavy (non-hydrogen) atoms. The predicted molar refractivity (Wildman–Crippen MR) is 102 cm³/mol. The summed E-state index contributed by atoms with van der Waals surface area (Å²) in [7, 11) is 0. The number of likely N-dealkylation sites (tertiary alicyclic amines) is 1. The van der Waals surface area contributed by atoms with Gasteiger partial charge in [-0.05, 0) is 60.8 Å². The van der Waals surface area contributed by atoms with Gasteiger partial charge in [0, 0.05) is 35.4 Å². The van der Waals surface area contributed by atoms with Gasteiger partial charge < -0.3 is 10.2 Å². The van der Waals surface area contributed by atoms with E-state index >= 15 is 0 Å². The molecule has 1 aliphatic heterocycles. The minimum absolute atomic E-state index is 0.0366. The monoisotopic (exact) mass is 419 g/mol. The third-order valence-electron chi connectivity index (χ3n) is 4.59. The van der Waals surface area contributed by atoms with E-state index in [4.69, 9.17) is 0 Å². The Bertz CT molecular complexity index is 794. The Hall–Kier alpha value is -2.22. The van der Waals surface area contributed by atoms with Crippen LogP contribution in [0.15, 0.2) is 28.9 Å². The molecule has 0 aromatic carbocycles. The maximum Gasteiger partial charge on any atom is 0.244 e. The molecule has 2 aromatic rings. The first-order valence-corrected chi connectivity index (χ1v) is 9.43. The van der Waals surface area contributed by atoms with Gasteiger partial charge in [0.25, 0.3) is 0 Å². The van der Waals surface area contributed by atoms with Crippen LogP contribution in [0.5, 0.6) is 0 Å². The van der Waals surface area contributed by atoms with Crippen LogP contribution in [0.25, 0.3) is 0 Å². The van der Waals surface area contributed by atoms with Gasteiger partial charge in [-0.2, -0.15) is 5.10 Å². The number of nitrogens with one attached hydrogen (secondary N) is 1. The minimum atomic E-state index is -0.0989. The number of anilines is 1. The van der Waals surface area contributed by atoms with E-state index in [1.807, 2.05) is 30.9 Å². The SMILES string of the molecule is Cc1cc(C)n(CC(=O)N2CCC(C(=O)Nc3ccc(Br)cn3)CC2)n1. The van der Waals surface area contributed by atoms with E-state index in [0.717, 1.165) is 15.9 Å². The summed E-state index contributed by atoms with van der Waals surface area (Å²) >= 11 is 3.32. The second-order valence-corrected chi connectivity index (χ2v) is 7.51. The van der Waals surface area contributed by atoms with E-state index in [1.54, 1.807) is 16.9 Å². The Morgan fingerprint density at radius 2 is 2.00 bits per heavy atom. The molecule has 8 heteroatoms. The molecule has 138 valence electrons. The number of rotatable bonds is 4. The third-order valence-corrected chi connectivity index (χ3v) is 5.05. The van der Waals surface area contributed by atoms with Crippen molar-refractivity contribution >= 4 is 33.6 Å². The molecule has 3 rings (SSSR count). The number of carbonyl (C=O) groups excluding carboxylic acids is 2. The maximum atomic E-state index is 12.5. The Balaban J connectivity index is 1.50. The van der Waals surface area contributed by atoms with E-state index in [-0.39, 0.29) is 24.3 Å². The smallest absolute Gasteiger partial charge is 0.244 e. The molecule has 1 aliphatic rings. The Morgan fingerprint density at radius 1 is 1.27 bits per heavy atom. The lowest BCUT2D eigenvalue weighted by Gasteiger charge is -2.31. The Labute approximate surface area is 160 Å². The number of nitrogens with zero attached hydrogens (tertiary/aromatic N) is 4. The third kappa shape index (κ3) is 4.49. The van der Waals surface area contributed by atoms with Gasteiger partial charge >= 0.3 is 0 Å². The summed E-state index contributed by atoms with van der Waals surface area (Å²) in [5, 5.41) is 7.18. The van der Waals surface area contributed by atoms with Gasteiger partial charge in [0.05, 0.1) is 5.69 Å². The van der Waals surface area contributed by atoms with Gasteiger partial charge in [-0.25, -0.2) is 4.98 Å². The molecule has 2 amide bonds. The van der Waals surface area contributed by atoms with E-state index < -0.39 is 0 Å². The van der Waals surface area contributed by atoms with Gasteiger partial charge in [-0.15, -0.1) is 0 Å². The molecule has 0 spiro atoms. The number of piperidine rings is 1. The first kappa shape index (κ1) is 18.6. The van der Waals surface area contributed by atoms with E-state index in [0.29, 0.717) is 31.7 Å². The summed E-state index contributed by atoms with van der Waals surface area (Å²) in [5.74, 6) is 0.453. The first-order chi connectivity index (χ1) is 12.4. The number of aromatic nitrogens is 3. The van der Waals surface area contributed by atoms with Gasteiger partial charge in [-0.1, -0.05) is 0 Å². The average molecular weight is 420 g/mol. The lowest BCUT2D eigenvalue weighted by Crippen LogP contribution is -2.43. The molecule has 0 atom stereocenters. The molecular weight excluding hydrogens is 398 g/mol. The van der Waals surface area contributed by atoms with Crippen LogP contribution in [0, 0.1) is 19.8 Å². The fourth-order valence-electron chi connectivity index (χ4n) is 3.13. The van der Waals surface area contributed by atoms with Crippen LogP contribution < -0.4 is 5.32 Å². The molecule has 3 heterocycles. The summed E-state index contributed by atoms with van der Waals surface area (Å²) in [6.45, 7) is 5.28. The Kier molecular flexibility index (Phi) is 5.70. The Morgan fingerprint density at radius 3 is 2.58 bits per heavy atom. The summed E-state index contributed by atoms with van der Waals surface area (Å²) in [5.41, 5.74) is 1.89. The van der Waals surface area contributed by atoms with Crippen molar-refractivity contribution in [3.05, 3.63) is 40.3 Å². The van der Waals surface area contributed by atoms with Gasteiger partial charge in [-0.3, -0.25) is 14.3 Å². The van der Waals surface area contributed by atoms with Crippen molar-refractivity contribution in [3.63, 3.8) is 0 Å². The highest BCUT2D eigenvalue weighted by atomic mass is 79.9. The number of aryl methyl sites for hydroxylation is 2. The summed E-state index contributed by atoms with van der Waals surface area (Å²) in [4.78, 5) is 30.8. The van der Waals surface area contributed by atoms with Gasteiger partial charge in [0.15, 0.2) is 0 Å². The zero-order valence-corrected chi connectivity index (χ0v) is 16.5. The molecule has 1 saturated heterocycles. The van der Waals surface area contributed by atoms with Crippen LogP contribution >= 0.6 is 15.9 Å². The number of pyridine rings is 1. The molecule has 0 aliphatic carbocycles. The minimum Gasteiger partial charge on any atom is -0.341 e. The van der Waals surface area contributed by atoms with Crippen LogP contribution in [0.2, 0.25) is 0 Å². The largest absolute Gasteiger partial charge is 0.341 e. The molecule has 0 radical (unpaired) electrons. The fourth-order valence-corrected chi connectivity index (χ4v) is 3.37. The fraction of sp³-hybridized carbons (Fsp3) is 0.444. The predicted octanol–water partition coefficient (Wildman–Crippen LogP) is 2.53. The van der Waals surface area contributed by atoms with Crippen LogP contribution in [-0.2, 0) is 16.1 Å². The van der Waals surface area contributed by atoms with Crippen LogP contribution in [0.1, 0.15) is 24.2 Å². The molecule has 2 aromatic heterocycles. The highest BCUT2D eigenvalue weighted by molar-refractivity contribution is 9.10. The second-order valence-electron chi connectivity index (χ2n) is 6.59. The molecule has 0 bridgehead atoms. The van der Waals surface area contributed by atoms with Crippen molar-refractivity contribution in [2.45, 2.75) is 33.2 Å². The van der Waals surface area contributed by atoms with Crippen LogP contribution in [0.3, 0.4) is 0 Å². The van der Waals surface area contributed by atoms with Crippen molar-refractivity contribution in [1.82, 2.24) is 19.7 Å². The number of hydrogen-bond acceptors (Lipinski definition) is 4. The molecular formula is C18H22BrN5O2. The normalized spacial score (nSPS) is 15.1. The van der Waals surface area contributed by atoms with Crippen molar-refractivity contribution in [2.24, 2.45) is 5.92 Å². The molecule has 1 fully saturated rings. The highest BCUT2D eigenvalue weighted by Crippen LogP contribution is 2.20. The van der Waals surface area contributed by atoms with Crippen LogP contribution in [-0.4, -0.2) is 44.6 Å². The topological polar surface area (TPSA) is 80.1 Å². The highest BCUT2D eigenvalue weighted by Gasteiger charge is 2.27. The average Bonchev–Trinajstić information content (AvgIpc) is 2.94. The molecule has 0 saturated carbocycles. The number of amides is 2. The van der Waals surface area contributed by atoms with Gasteiger partial charge in [0.2, 0.25) is 11.8 Å². The summed E-state index contributed by atoms with van der Waals surface area (Å²) in [6.07, 6.45) is 2.96. The van der Waals surface area contributed by atoms with E-state index in [1.165, 1.54) is 0 Å². The zero-order chi connectivity index (χ0) is 18.7. The number of hydrogen-bond donors (Lipinski definition) is 1. The number of halogens is 1. The van der Waals surface area contributed by atoms with Crippen molar-refractivity contribution in [3.8, 4) is 0 Å². The van der Waals surface area contributed by atoms with Gasteiger partial charge in [0.1, 0.15) is 12.4 Å². The van der Waals surface area contributed by atoms with Crippen molar-refractivity contribution < 1.29 is 9.59 Å². The summed E-state index contributed by atoms with van der Waals surface area (Å²) < 4.78 is 2.60. The quantitative estimate of drug-likeness (QED) is 0.825. The van der Waals surface area contributed by atoms with Crippen LogP contribution in [0.4, 0.5) is 5.82 Å². The maximum absolute atomic E-state index is 12.5. The first-order valence-electron chi connectivity index (χ1n) is 8.63.